The number of carbonyl (C=O) groups is 1. The molecule has 1 aromatic carbocycles. The molecule has 2 rings (SSSR count). The number of carbonyl (C=O) groups excluding carboxylic acids is 1. The lowest BCUT2D eigenvalue weighted by Crippen LogP contribution is -2.29. The smallest absolute Gasteiger partial charge is 0.222 e. The van der Waals surface area contributed by atoms with Crippen molar-refractivity contribution in [1.29, 1.82) is 0 Å². The van der Waals surface area contributed by atoms with Crippen LogP contribution in [0.2, 0.25) is 0 Å². The number of benzene rings is 1. The van der Waals surface area contributed by atoms with Gasteiger partial charge in [-0.2, -0.15) is 0 Å². The molecule has 3 nitrogen and oxygen atoms in total. The van der Waals surface area contributed by atoms with Crippen molar-refractivity contribution >= 4 is 23.1 Å². The molecule has 114 valence electrons. The van der Waals surface area contributed by atoms with Gasteiger partial charge in [0.2, 0.25) is 5.91 Å². The van der Waals surface area contributed by atoms with Crippen LogP contribution < -0.4 is 5.73 Å². The van der Waals surface area contributed by atoms with Gasteiger partial charge in [-0.3, -0.25) is 4.79 Å². The van der Waals surface area contributed by atoms with Crippen LogP contribution in [0.4, 0.5) is 0 Å². The number of nitrogens with zero attached hydrogens (tertiary/aromatic N) is 1. The van der Waals surface area contributed by atoms with Crippen molar-refractivity contribution in [2.45, 2.75) is 39.7 Å². The van der Waals surface area contributed by atoms with Crippen LogP contribution >= 0.6 is 12.2 Å². The van der Waals surface area contributed by atoms with Gasteiger partial charge in [0, 0.05) is 25.1 Å². The maximum atomic E-state index is 12.2. The Labute approximate surface area is 132 Å². The molecule has 21 heavy (non-hydrogen) atoms. The highest BCUT2D eigenvalue weighted by atomic mass is 32.1. The molecular formula is C17H24N2OS. The summed E-state index contributed by atoms with van der Waals surface area (Å²) in [5.41, 5.74) is 7.60. The second kappa shape index (κ2) is 7.03. The molecular weight excluding hydrogens is 280 g/mol. The van der Waals surface area contributed by atoms with Crippen LogP contribution in [0, 0.1) is 11.8 Å². The fraction of sp³-hybridized carbons (Fsp3) is 0.529. The highest BCUT2D eigenvalue weighted by Gasteiger charge is 2.24. The summed E-state index contributed by atoms with van der Waals surface area (Å²) in [4.78, 5) is 14.6. The minimum atomic E-state index is 0.275. The second-order valence-electron chi connectivity index (χ2n) is 6.21. The standard InChI is InChI=1S/C17H24N2OS/c1-12(2)14-7-8-16(20)19(10-9-14)11-13-3-5-15(6-4-13)17(18)21/h3-6,12,14H,7-11H2,1-2H3,(H2,18,21). The zero-order valence-electron chi connectivity index (χ0n) is 12.8. The van der Waals surface area contributed by atoms with E-state index in [1.807, 2.05) is 29.2 Å². The number of thiocarbonyl (C=S) groups is 1. The Morgan fingerprint density at radius 1 is 1.33 bits per heavy atom. The quantitative estimate of drug-likeness (QED) is 0.869. The highest BCUT2D eigenvalue weighted by molar-refractivity contribution is 7.80. The summed E-state index contributed by atoms with van der Waals surface area (Å²) in [6.07, 6.45) is 2.80. The fourth-order valence-corrected chi connectivity index (χ4v) is 3.02. The van der Waals surface area contributed by atoms with Gasteiger partial charge in [0.25, 0.3) is 0 Å². The number of amides is 1. The van der Waals surface area contributed by atoms with E-state index < -0.39 is 0 Å². The van der Waals surface area contributed by atoms with Gasteiger partial charge in [0.15, 0.2) is 0 Å². The molecule has 1 heterocycles. The van der Waals surface area contributed by atoms with Crippen LogP contribution in [0.25, 0.3) is 0 Å². The molecule has 1 fully saturated rings. The predicted octanol–water partition coefficient (Wildman–Crippen LogP) is 3.11. The van der Waals surface area contributed by atoms with Gasteiger partial charge >= 0.3 is 0 Å². The van der Waals surface area contributed by atoms with Crippen LogP contribution in [0.15, 0.2) is 24.3 Å². The molecule has 1 saturated heterocycles. The van der Waals surface area contributed by atoms with E-state index in [9.17, 15) is 4.79 Å². The average Bonchev–Trinajstić information content (AvgIpc) is 2.62. The Morgan fingerprint density at radius 2 is 2.00 bits per heavy atom. The van der Waals surface area contributed by atoms with Crippen molar-refractivity contribution in [2.24, 2.45) is 17.6 Å². The van der Waals surface area contributed by atoms with Crippen LogP contribution in [-0.2, 0) is 11.3 Å². The van der Waals surface area contributed by atoms with E-state index in [1.165, 1.54) is 0 Å². The van der Waals surface area contributed by atoms with Crippen molar-refractivity contribution in [3.8, 4) is 0 Å². The van der Waals surface area contributed by atoms with Gasteiger partial charge in [-0.05, 0) is 30.2 Å². The van der Waals surface area contributed by atoms with Crippen molar-refractivity contribution in [1.82, 2.24) is 4.90 Å². The molecule has 0 spiro atoms. The second-order valence-corrected chi connectivity index (χ2v) is 6.65. The molecule has 1 aliphatic rings. The maximum absolute atomic E-state index is 12.2. The number of likely N-dealkylation sites (tertiary alicyclic amines) is 1. The van der Waals surface area contributed by atoms with Crippen molar-refractivity contribution < 1.29 is 4.79 Å². The third-order valence-electron chi connectivity index (χ3n) is 4.41. The normalized spacial score (nSPS) is 19.7. The summed E-state index contributed by atoms with van der Waals surface area (Å²) < 4.78 is 0. The SMILES string of the molecule is CC(C)C1CCC(=O)N(Cc2ccc(C(N)=S)cc2)CC1. The fourth-order valence-electron chi connectivity index (χ4n) is 2.89. The van der Waals surface area contributed by atoms with Crippen molar-refractivity contribution in [2.75, 3.05) is 6.54 Å². The van der Waals surface area contributed by atoms with E-state index in [2.05, 4.69) is 13.8 Å². The van der Waals surface area contributed by atoms with E-state index >= 15 is 0 Å². The first-order valence-corrected chi connectivity index (χ1v) is 8.04. The molecule has 1 aliphatic heterocycles. The van der Waals surface area contributed by atoms with E-state index in [1.54, 1.807) is 0 Å². The van der Waals surface area contributed by atoms with E-state index in [4.69, 9.17) is 18.0 Å². The van der Waals surface area contributed by atoms with Crippen molar-refractivity contribution in [3.63, 3.8) is 0 Å². The number of rotatable bonds is 4. The first-order chi connectivity index (χ1) is 9.97. The average molecular weight is 304 g/mol. The summed E-state index contributed by atoms with van der Waals surface area (Å²) in [7, 11) is 0. The van der Waals surface area contributed by atoms with E-state index in [0.29, 0.717) is 29.8 Å². The minimum absolute atomic E-state index is 0.275. The van der Waals surface area contributed by atoms with Gasteiger partial charge in [-0.25, -0.2) is 0 Å². The lowest BCUT2D eigenvalue weighted by atomic mass is 9.89. The van der Waals surface area contributed by atoms with Crippen molar-refractivity contribution in [3.05, 3.63) is 35.4 Å². The van der Waals surface area contributed by atoms with Gasteiger partial charge in [-0.1, -0.05) is 50.3 Å². The van der Waals surface area contributed by atoms with Crippen LogP contribution in [0.1, 0.15) is 44.2 Å². The minimum Gasteiger partial charge on any atom is -0.389 e. The predicted molar refractivity (Wildman–Crippen MR) is 89.9 cm³/mol. The third-order valence-corrected chi connectivity index (χ3v) is 4.64. The maximum Gasteiger partial charge on any atom is 0.222 e. The Bertz CT molecular complexity index is 510. The highest BCUT2D eigenvalue weighted by Crippen LogP contribution is 2.25. The zero-order chi connectivity index (χ0) is 15.4. The Hall–Kier alpha value is -1.42. The summed E-state index contributed by atoms with van der Waals surface area (Å²) in [5.74, 6) is 1.59. The van der Waals surface area contributed by atoms with E-state index in [0.717, 1.165) is 30.5 Å². The van der Waals surface area contributed by atoms with Gasteiger partial charge in [0.1, 0.15) is 4.99 Å². The van der Waals surface area contributed by atoms with Crippen LogP contribution in [-0.4, -0.2) is 22.3 Å². The molecule has 2 N–H and O–H groups in total. The molecule has 0 aliphatic carbocycles. The van der Waals surface area contributed by atoms with Gasteiger partial charge in [-0.15, -0.1) is 0 Å². The van der Waals surface area contributed by atoms with Gasteiger partial charge < -0.3 is 10.6 Å². The lowest BCUT2D eigenvalue weighted by Gasteiger charge is -2.22. The molecule has 0 aromatic heterocycles. The summed E-state index contributed by atoms with van der Waals surface area (Å²) in [6, 6.07) is 7.87. The summed E-state index contributed by atoms with van der Waals surface area (Å²) in [6.45, 7) is 6.04. The first-order valence-electron chi connectivity index (χ1n) is 7.64. The molecule has 0 saturated carbocycles. The Kier molecular flexibility index (Phi) is 5.34. The summed E-state index contributed by atoms with van der Waals surface area (Å²) in [5, 5.41) is 0. The number of hydrogen-bond donors (Lipinski definition) is 1. The van der Waals surface area contributed by atoms with Crippen LogP contribution in [0.5, 0.6) is 0 Å². The molecule has 4 heteroatoms. The summed E-state index contributed by atoms with van der Waals surface area (Å²) >= 11 is 4.95. The topological polar surface area (TPSA) is 46.3 Å². The molecule has 0 radical (unpaired) electrons. The molecule has 1 atom stereocenters. The number of nitrogens with two attached hydrogens (primary N) is 1. The Balaban J connectivity index is 2.01. The molecule has 1 aromatic rings. The third kappa shape index (κ3) is 4.27. The first kappa shape index (κ1) is 16.0. The Morgan fingerprint density at radius 3 is 2.57 bits per heavy atom. The number of hydrogen-bond acceptors (Lipinski definition) is 2. The molecule has 1 unspecified atom stereocenters. The monoisotopic (exact) mass is 304 g/mol. The lowest BCUT2D eigenvalue weighted by molar-refractivity contribution is -0.131. The van der Waals surface area contributed by atoms with Crippen LogP contribution in [0.3, 0.4) is 0 Å². The van der Waals surface area contributed by atoms with Gasteiger partial charge in [0.05, 0.1) is 0 Å². The molecule has 0 bridgehead atoms. The molecule has 1 amide bonds. The zero-order valence-corrected chi connectivity index (χ0v) is 13.7. The largest absolute Gasteiger partial charge is 0.389 e. The van der Waals surface area contributed by atoms with E-state index in [-0.39, 0.29) is 5.91 Å².